The topological polar surface area (TPSA) is 81.1 Å². The Morgan fingerprint density at radius 1 is 1.19 bits per heavy atom. The fourth-order valence-electron chi connectivity index (χ4n) is 1.69. The fraction of sp³-hybridized carbons (Fsp3) is 0.231. The quantitative estimate of drug-likeness (QED) is 0.880. The Morgan fingerprint density at radius 3 is 2.52 bits per heavy atom. The number of aromatic nitrogens is 2. The van der Waals surface area contributed by atoms with Crippen LogP contribution in [-0.4, -0.2) is 24.7 Å². The summed E-state index contributed by atoms with van der Waals surface area (Å²) in [6.07, 6.45) is 0. The van der Waals surface area contributed by atoms with E-state index in [0.717, 1.165) is 12.1 Å². The smallest absolute Gasteiger partial charge is 0.266 e. The van der Waals surface area contributed by atoms with Gasteiger partial charge in [-0.2, -0.15) is 5.10 Å². The molecule has 0 aliphatic carbocycles. The number of nitrogens with zero attached hydrogens (tertiary/aromatic N) is 2. The summed E-state index contributed by atoms with van der Waals surface area (Å²) in [6, 6.07) is 7.45. The second-order valence-corrected chi connectivity index (χ2v) is 6.15. The van der Waals surface area contributed by atoms with Crippen LogP contribution in [0.3, 0.4) is 0 Å². The van der Waals surface area contributed by atoms with E-state index >= 15 is 0 Å². The van der Waals surface area contributed by atoms with Gasteiger partial charge in [-0.15, -0.1) is 0 Å². The summed E-state index contributed by atoms with van der Waals surface area (Å²) in [5, 5.41) is 4.00. The molecule has 2 rings (SSSR count). The van der Waals surface area contributed by atoms with Crippen LogP contribution in [0.1, 0.15) is 5.69 Å². The minimum atomic E-state index is -3.73. The van der Waals surface area contributed by atoms with Crippen LogP contribution in [-0.2, 0) is 16.6 Å². The molecule has 0 radical (unpaired) electrons. The number of benzene rings is 1. The third-order valence-corrected chi connectivity index (χ3v) is 4.22. The molecule has 0 unspecified atom stereocenters. The lowest BCUT2D eigenvalue weighted by Gasteiger charge is -2.08. The molecule has 112 valence electrons. The van der Waals surface area contributed by atoms with Crippen LogP contribution in [0.4, 0.5) is 4.39 Å². The third-order valence-electron chi connectivity index (χ3n) is 2.74. The van der Waals surface area contributed by atoms with Gasteiger partial charge in [0.05, 0.1) is 17.1 Å². The summed E-state index contributed by atoms with van der Waals surface area (Å²) in [5.74, 6) is -0.510. The number of nitrogens with one attached hydrogen (secondary N) is 1. The van der Waals surface area contributed by atoms with Gasteiger partial charge in [0.15, 0.2) is 0 Å². The predicted octanol–water partition coefficient (Wildman–Crippen LogP) is 0.669. The van der Waals surface area contributed by atoms with Crippen LogP contribution in [0.5, 0.6) is 0 Å². The van der Waals surface area contributed by atoms with Crippen molar-refractivity contribution in [3.63, 3.8) is 0 Å². The minimum absolute atomic E-state index is 0.00999. The summed E-state index contributed by atoms with van der Waals surface area (Å²) in [7, 11) is -3.73. The molecule has 21 heavy (non-hydrogen) atoms. The summed E-state index contributed by atoms with van der Waals surface area (Å²) in [4.78, 5) is 11.5. The Hall–Kier alpha value is -2.06. The van der Waals surface area contributed by atoms with Crippen LogP contribution in [0.15, 0.2) is 46.1 Å². The highest BCUT2D eigenvalue weighted by atomic mass is 32.2. The first-order valence-electron chi connectivity index (χ1n) is 6.18. The van der Waals surface area contributed by atoms with Crippen molar-refractivity contribution in [3.05, 3.63) is 58.3 Å². The molecule has 0 aliphatic rings. The Kier molecular flexibility index (Phi) is 4.49. The Labute approximate surface area is 121 Å². The monoisotopic (exact) mass is 311 g/mol. The van der Waals surface area contributed by atoms with Crippen molar-refractivity contribution in [3.8, 4) is 0 Å². The van der Waals surface area contributed by atoms with Gasteiger partial charge < -0.3 is 0 Å². The summed E-state index contributed by atoms with van der Waals surface area (Å²) >= 11 is 0. The van der Waals surface area contributed by atoms with Crippen LogP contribution >= 0.6 is 0 Å². The second kappa shape index (κ2) is 6.15. The van der Waals surface area contributed by atoms with E-state index in [1.807, 2.05) is 0 Å². The SMILES string of the molecule is Cc1ccc(=O)n(CCNS(=O)(=O)c2ccc(F)cc2)n1. The van der Waals surface area contributed by atoms with Gasteiger partial charge in [-0.05, 0) is 37.3 Å². The number of hydrogen-bond acceptors (Lipinski definition) is 4. The average molecular weight is 311 g/mol. The molecule has 0 spiro atoms. The molecule has 0 saturated carbocycles. The molecular formula is C13H14FN3O3S. The zero-order valence-electron chi connectivity index (χ0n) is 11.3. The molecule has 0 amide bonds. The number of sulfonamides is 1. The summed E-state index contributed by atoms with van der Waals surface area (Å²) < 4.78 is 40.2. The molecule has 1 heterocycles. The fourth-order valence-corrected chi connectivity index (χ4v) is 2.72. The number of hydrogen-bond donors (Lipinski definition) is 1. The molecule has 1 aromatic heterocycles. The molecule has 8 heteroatoms. The highest BCUT2D eigenvalue weighted by Gasteiger charge is 2.13. The van der Waals surface area contributed by atoms with Crippen LogP contribution in [0, 0.1) is 12.7 Å². The predicted molar refractivity (Wildman–Crippen MR) is 74.8 cm³/mol. The van der Waals surface area contributed by atoms with Gasteiger partial charge in [-0.3, -0.25) is 4.79 Å². The van der Waals surface area contributed by atoms with E-state index in [4.69, 9.17) is 0 Å². The van der Waals surface area contributed by atoms with Crippen molar-refractivity contribution in [2.45, 2.75) is 18.4 Å². The first kappa shape index (κ1) is 15.3. The lowest BCUT2D eigenvalue weighted by molar-refractivity contribution is 0.543. The maximum absolute atomic E-state index is 12.8. The molecular weight excluding hydrogens is 297 g/mol. The van der Waals surface area contributed by atoms with E-state index in [1.54, 1.807) is 13.0 Å². The second-order valence-electron chi connectivity index (χ2n) is 4.39. The lowest BCUT2D eigenvalue weighted by Crippen LogP contribution is -2.32. The lowest BCUT2D eigenvalue weighted by atomic mass is 10.4. The first-order chi connectivity index (χ1) is 9.88. The zero-order valence-corrected chi connectivity index (χ0v) is 12.1. The number of rotatable bonds is 5. The van der Waals surface area contributed by atoms with Crippen molar-refractivity contribution in [2.24, 2.45) is 0 Å². The van der Waals surface area contributed by atoms with E-state index in [0.29, 0.717) is 5.69 Å². The number of halogens is 1. The zero-order chi connectivity index (χ0) is 15.5. The molecule has 1 N–H and O–H groups in total. The van der Waals surface area contributed by atoms with Crippen molar-refractivity contribution >= 4 is 10.0 Å². The van der Waals surface area contributed by atoms with Gasteiger partial charge in [0.1, 0.15) is 5.82 Å². The highest BCUT2D eigenvalue weighted by Crippen LogP contribution is 2.09. The Bertz CT molecular complexity index is 785. The van der Waals surface area contributed by atoms with Gasteiger partial charge in [-0.1, -0.05) is 0 Å². The maximum Gasteiger partial charge on any atom is 0.266 e. The van der Waals surface area contributed by atoms with Gasteiger partial charge in [-0.25, -0.2) is 22.2 Å². The van der Waals surface area contributed by atoms with E-state index < -0.39 is 15.8 Å². The molecule has 1 aromatic carbocycles. The highest BCUT2D eigenvalue weighted by molar-refractivity contribution is 7.89. The van der Waals surface area contributed by atoms with E-state index in [1.165, 1.54) is 22.9 Å². The standard InChI is InChI=1S/C13H14FN3O3S/c1-10-2-7-13(18)17(16-10)9-8-15-21(19,20)12-5-3-11(14)4-6-12/h2-7,15H,8-9H2,1H3. The average Bonchev–Trinajstić information content (AvgIpc) is 2.43. The van der Waals surface area contributed by atoms with Gasteiger partial charge in [0, 0.05) is 12.6 Å². The van der Waals surface area contributed by atoms with Crippen molar-refractivity contribution in [2.75, 3.05) is 6.54 Å². The van der Waals surface area contributed by atoms with E-state index in [9.17, 15) is 17.6 Å². The minimum Gasteiger partial charge on any atom is -0.268 e. The molecule has 0 saturated heterocycles. The van der Waals surface area contributed by atoms with Crippen LogP contribution in [0.2, 0.25) is 0 Å². The van der Waals surface area contributed by atoms with Crippen molar-refractivity contribution in [1.29, 1.82) is 0 Å². The van der Waals surface area contributed by atoms with E-state index in [-0.39, 0.29) is 23.5 Å². The molecule has 0 atom stereocenters. The largest absolute Gasteiger partial charge is 0.268 e. The van der Waals surface area contributed by atoms with Gasteiger partial charge in [0.25, 0.3) is 5.56 Å². The van der Waals surface area contributed by atoms with E-state index in [2.05, 4.69) is 9.82 Å². The third kappa shape index (κ3) is 3.96. The summed E-state index contributed by atoms with van der Waals surface area (Å²) in [6.45, 7) is 1.86. The normalized spacial score (nSPS) is 11.5. The molecule has 0 bridgehead atoms. The van der Waals surface area contributed by atoms with Gasteiger partial charge in [0.2, 0.25) is 10.0 Å². The first-order valence-corrected chi connectivity index (χ1v) is 7.67. The Balaban J connectivity index is 2.04. The van der Waals surface area contributed by atoms with Crippen LogP contribution < -0.4 is 10.3 Å². The molecule has 2 aromatic rings. The molecule has 0 fully saturated rings. The van der Waals surface area contributed by atoms with Crippen LogP contribution in [0.25, 0.3) is 0 Å². The maximum atomic E-state index is 12.8. The van der Waals surface area contributed by atoms with Crippen molar-refractivity contribution < 1.29 is 12.8 Å². The van der Waals surface area contributed by atoms with Crippen molar-refractivity contribution in [1.82, 2.24) is 14.5 Å². The Morgan fingerprint density at radius 2 is 1.86 bits per heavy atom. The number of aryl methyl sites for hydroxylation is 1. The van der Waals surface area contributed by atoms with Gasteiger partial charge >= 0.3 is 0 Å². The summed E-state index contributed by atoms with van der Waals surface area (Å²) in [5.41, 5.74) is 0.359. The molecule has 6 nitrogen and oxygen atoms in total. The molecule has 0 aliphatic heterocycles.